The van der Waals surface area contributed by atoms with Gasteiger partial charge in [-0.15, -0.1) is 0 Å². The van der Waals surface area contributed by atoms with Crippen molar-refractivity contribution in [3.05, 3.63) is 41.3 Å². The molecule has 0 spiro atoms. The van der Waals surface area contributed by atoms with E-state index in [2.05, 4.69) is 15.6 Å². The topological polar surface area (TPSA) is 63.2 Å². The number of urea groups is 1. The average molecular weight is 378 g/mol. The van der Waals surface area contributed by atoms with E-state index in [0.29, 0.717) is 27.7 Å². The number of nitrogens with one attached hydrogen (secondary N) is 2. The van der Waals surface area contributed by atoms with Crippen molar-refractivity contribution in [3.8, 4) is 16.9 Å². The maximum Gasteiger partial charge on any atom is 0.320 e. The number of rotatable bonds is 4. The van der Waals surface area contributed by atoms with Crippen LogP contribution in [0.1, 0.15) is 32.1 Å². The largest absolute Gasteiger partial charge is 0.496 e. The van der Waals surface area contributed by atoms with Crippen LogP contribution in [0.2, 0.25) is 5.02 Å². The van der Waals surface area contributed by atoms with Gasteiger partial charge in [-0.3, -0.25) is 5.32 Å². The van der Waals surface area contributed by atoms with Gasteiger partial charge in [0.15, 0.2) is 0 Å². The summed E-state index contributed by atoms with van der Waals surface area (Å²) in [6.07, 6.45) is 6.95. The molecule has 1 aromatic heterocycles. The third kappa shape index (κ3) is 4.43. The summed E-state index contributed by atoms with van der Waals surface area (Å²) in [6.45, 7) is 0. The lowest BCUT2D eigenvalue weighted by Crippen LogP contribution is -2.39. The third-order valence-corrected chi connectivity index (χ3v) is 4.79. The Morgan fingerprint density at radius 3 is 2.73 bits per heavy atom. The molecule has 0 unspecified atom stereocenters. The minimum Gasteiger partial charge on any atom is -0.496 e. The Kier molecular flexibility index (Phi) is 5.93. The molecule has 1 aliphatic rings. The number of aromatic nitrogens is 1. The van der Waals surface area contributed by atoms with Gasteiger partial charge in [-0.05, 0) is 31.0 Å². The highest BCUT2D eigenvalue weighted by atomic mass is 35.5. The summed E-state index contributed by atoms with van der Waals surface area (Å²) in [7, 11) is 1.46. The average Bonchev–Trinajstić information content (AvgIpc) is 2.64. The highest BCUT2D eigenvalue weighted by Crippen LogP contribution is 2.36. The molecule has 0 bridgehead atoms. The number of nitrogens with zero attached hydrogens (tertiary/aromatic N) is 1. The second-order valence-corrected chi connectivity index (χ2v) is 6.73. The van der Waals surface area contributed by atoms with Crippen LogP contribution in [0, 0.1) is 5.82 Å². The Morgan fingerprint density at radius 2 is 2.00 bits per heavy atom. The van der Waals surface area contributed by atoms with Gasteiger partial charge in [-0.25, -0.2) is 14.2 Å². The molecule has 26 heavy (non-hydrogen) atoms. The van der Waals surface area contributed by atoms with E-state index >= 15 is 0 Å². The summed E-state index contributed by atoms with van der Waals surface area (Å²) in [6, 6.07) is 5.77. The molecule has 138 valence electrons. The van der Waals surface area contributed by atoms with Gasteiger partial charge in [0.25, 0.3) is 0 Å². The van der Waals surface area contributed by atoms with Gasteiger partial charge in [0.2, 0.25) is 0 Å². The molecule has 7 heteroatoms. The number of amides is 2. The van der Waals surface area contributed by atoms with Crippen LogP contribution < -0.4 is 15.4 Å². The van der Waals surface area contributed by atoms with Gasteiger partial charge in [0.1, 0.15) is 17.4 Å². The van der Waals surface area contributed by atoms with Crippen LogP contribution in [-0.2, 0) is 0 Å². The highest BCUT2D eigenvalue weighted by molar-refractivity contribution is 6.33. The van der Waals surface area contributed by atoms with E-state index < -0.39 is 5.82 Å². The summed E-state index contributed by atoms with van der Waals surface area (Å²) in [4.78, 5) is 16.4. The van der Waals surface area contributed by atoms with E-state index in [1.54, 1.807) is 12.1 Å². The molecule has 5 nitrogen and oxygen atoms in total. The summed E-state index contributed by atoms with van der Waals surface area (Å²) in [5, 5.41) is 6.10. The SMILES string of the molecule is COc1cc(F)ccc1-c1cc(NC(=O)NC2CCCCC2)ncc1Cl. The molecule has 3 rings (SSSR count). The summed E-state index contributed by atoms with van der Waals surface area (Å²) in [5.41, 5.74) is 1.23. The molecular weight excluding hydrogens is 357 g/mol. The number of hydrogen-bond donors (Lipinski definition) is 2. The lowest BCUT2D eigenvalue weighted by Gasteiger charge is -2.22. The fraction of sp³-hybridized carbons (Fsp3) is 0.368. The van der Waals surface area contributed by atoms with Crippen molar-refractivity contribution in [2.45, 2.75) is 38.1 Å². The number of hydrogen-bond acceptors (Lipinski definition) is 3. The fourth-order valence-corrected chi connectivity index (χ4v) is 3.39. The number of ether oxygens (including phenoxy) is 1. The van der Waals surface area contributed by atoms with Crippen LogP contribution in [0.25, 0.3) is 11.1 Å². The van der Waals surface area contributed by atoms with Crippen LogP contribution in [0.3, 0.4) is 0 Å². The zero-order chi connectivity index (χ0) is 18.5. The molecule has 1 fully saturated rings. The van der Waals surface area contributed by atoms with Crippen molar-refractivity contribution in [3.63, 3.8) is 0 Å². The predicted molar refractivity (Wildman–Crippen MR) is 100 cm³/mol. The van der Waals surface area contributed by atoms with Crippen molar-refractivity contribution in [1.82, 2.24) is 10.3 Å². The van der Waals surface area contributed by atoms with Crippen molar-refractivity contribution in [1.29, 1.82) is 0 Å². The number of pyridine rings is 1. The molecular formula is C19H21ClFN3O2. The van der Waals surface area contributed by atoms with Gasteiger partial charge in [0, 0.05) is 29.4 Å². The number of halogens is 2. The molecule has 0 atom stereocenters. The van der Waals surface area contributed by atoms with Gasteiger partial charge in [-0.2, -0.15) is 0 Å². The van der Waals surface area contributed by atoms with E-state index in [1.807, 2.05) is 0 Å². The first-order chi connectivity index (χ1) is 12.6. The summed E-state index contributed by atoms with van der Waals surface area (Å²) >= 11 is 6.25. The van der Waals surface area contributed by atoms with E-state index in [1.165, 1.54) is 31.9 Å². The molecule has 1 heterocycles. The molecule has 1 aromatic carbocycles. The van der Waals surface area contributed by atoms with Crippen LogP contribution in [0.15, 0.2) is 30.5 Å². The van der Waals surface area contributed by atoms with Crippen molar-refractivity contribution < 1.29 is 13.9 Å². The second kappa shape index (κ2) is 8.36. The van der Waals surface area contributed by atoms with Crippen molar-refractivity contribution in [2.75, 3.05) is 12.4 Å². The molecule has 1 saturated carbocycles. The lowest BCUT2D eigenvalue weighted by atomic mass is 9.96. The van der Waals surface area contributed by atoms with Crippen LogP contribution in [0.5, 0.6) is 5.75 Å². The van der Waals surface area contributed by atoms with Gasteiger partial charge < -0.3 is 10.1 Å². The standard InChI is InChI=1S/C19H21ClFN3O2/c1-26-17-9-12(21)7-8-14(17)15-10-18(22-11-16(15)20)24-19(25)23-13-5-3-2-4-6-13/h7-11,13H,2-6H2,1H3,(H2,22,23,24,25). The Bertz CT molecular complexity index is 794. The number of methoxy groups -OCH3 is 1. The first-order valence-corrected chi connectivity index (χ1v) is 9.01. The monoisotopic (exact) mass is 377 g/mol. The smallest absolute Gasteiger partial charge is 0.320 e. The molecule has 1 aliphatic carbocycles. The lowest BCUT2D eigenvalue weighted by molar-refractivity contribution is 0.244. The first kappa shape index (κ1) is 18.5. The minimum absolute atomic E-state index is 0.202. The van der Waals surface area contributed by atoms with Gasteiger partial charge in [-0.1, -0.05) is 30.9 Å². The molecule has 0 radical (unpaired) electrons. The second-order valence-electron chi connectivity index (χ2n) is 6.33. The van der Waals surface area contributed by atoms with E-state index in [0.717, 1.165) is 25.7 Å². The zero-order valence-electron chi connectivity index (χ0n) is 14.5. The first-order valence-electron chi connectivity index (χ1n) is 8.64. The van der Waals surface area contributed by atoms with Crippen LogP contribution >= 0.6 is 11.6 Å². The number of anilines is 1. The van der Waals surface area contributed by atoms with E-state index in [9.17, 15) is 9.18 Å². The summed E-state index contributed by atoms with van der Waals surface area (Å²) < 4.78 is 18.7. The number of benzene rings is 1. The van der Waals surface area contributed by atoms with E-state index in [-0.39, 0.29) is 12.1 Å². The minimum atomic E-state index is -0.402. The molecule has 2 amide bonds. The number of carbonyl (C=O) groups excluding carboxylic acids is 1. The van der Waals surface area contributed by atoms with Crippen LogP contribution in [0.4, 0.5) is 15.0 Å². The molecule has 0 saturated heterocycles. The zero-order valence-corrected chi connectivity index (χ0v) is 15.3. The Hall–Kier alpha value is -2.34. The molecule has 2 N–H and O–H groups in total. The number of carbonyl (C=O) groups is 1. The normalized spacial score (nSPS) is 14.7. The molecule has 2 aromatic rings. The maximum atomic E-state index is 13.4. The predicted octanol–water partition coefficient (Wildman–Crippen LogP) is 5.00. The fourth-order valence-electron chi connectivity index (χ4n) is 3.19. The van der Waals surface area contributed by atoms with Gasteiger partial charge >= 0.3 is 6.03 Å². The Labute approximate surface area is 156 Å². The van der Waals surface area contributed by atoms with E-state index in [4.69, 9.17) is 16.3 Å². The Morgan fingerprint density at radius 1 is 1.23 bits per heavy atom. The van der Waals surface area contributed by atoms with Crippen molar-refractivity contribution in [2.24, 2.45) is 0 Å². The van der Waals surface area contributed by atoms with Crippen molar-refractivity contribution >= 4 is 23.4 Å². The Balaban J connectivity index is 1.78. The summed E-state index contributed by atoms with van der Waals surface area (Å²) in [5.74, 6) is 0.320. The van der Waals surface area contributed by atoms with Crippen LogP contribution in [-0.4, -0.2) is 24.2 Å². The molecule has 0 aliphatic heterocycles. The third-order valence-electron chi connectivity index (χ3n) is 4.49. The highest BCUT2D eigenvalue weighted by Gasteiger charge is 2.17. The quantitative estimate of drug-likeness (QED) is 0.787. The maximum absolute atomic E-state index is 13.4. The van der Waals surface area contributed by atoms with Gasteiger partial charge in [0.05, 0.1) is 12.1 Å².